The SMILES string of the molecule is Cc1ccc(-n2c(C)c([N+](=O)[O-])c3ccc(O)c(CN(CCO)CCO)c32)cc1. The minimum Gasteiger partial charge on any atom is -0.508 e. The minimum atomic E-state index is -0.400. The fourth-order valence-electron chi connectivity index (χ4n) is 3.72. The van der Waals surface area contributed by atoms with Gasteiger partial charge < -0.3 is 19.9 Å². The molecular weight excluding hydrogens is 374 g/mol. The smallest absolute Gasteiger partial charge is 0.298 e. The van der Waals surface area contributed by atoms with Crippen LogP contribution in [0.2, 0.25) is 0 Å². The molecule has 3 aromatic rings. The van der Waals surface area contributed by atoms with Gasteiger partial charge in [0.05, 0.1) is 34.7 Å². The number of rotatable bonds is 8. The van der Waals surface area contributed by atoms with Gasteiger partial charge in [-0.1, -0.05) is 17.7 Å². The third kappa shape index (κ3) is 3.95. The summed E-state index contributed by atoms with van der Waals surface area (Å²) in [6.45, 7) is 4.30. The average Bonchev–Trinajstić information content (AvgIpc) is 2.97. The molecule has 0 aliphatic heterocycles. The van der Waals surface area contributed by atoms with E-state index in [1.54, 1.807) is 22.5 Å². The molecule has 0 amide bonds. The predicted octanol–water partition coefficient (Wildman–Crippen LogP) is 2.65. The molecule has 0 aliphatic carbocycles. The average molecular weight is 399 g/mol. The summed E-state index contributed by atoms with van der Waals surface area (Å²) in [6, 6.07) is 10.7. The number of hydrogen-bond acceptors (Lipinski definition) is 6. The molecule has 2 aromatic carbocycles. The van der Waals surface area contributed by atoms with Gasteiger partial charge in [0.15, 0.2) is 0 Å². The van der Waals surface area contributed by atoms with E-state index in [9.17, 15) is 25.4 Å². The molecule has 0 fully saturated rings. The van der Waals surface area contributed by atoms with E-state index < -0.39 is 4.92 Å². The Morgan fingerprint density at radius 3 is 2.21 bits per heavy atom. The number of benzene rings is 2. The van der Waals surface area contributed by atoms with Crippen molar-refractivity contribution in [3.05, 3.63) is 63.3 Å². The fraction of sp³-hybridized carbons (Fsp3) is 0.333. The first kappa shape index (κ1) is 20.8. The van der Waals surface area contributed by atoms with Gasteiger partial charge in [0.2, 0.25) is 0 Å². The highest BCUT2D eigenvalue weighted by Gasteiger charge is 2.27. The molecule has 3 N–H and O–H groups in total. The van der Waals surface area contributed by atoms with Gasteiger partial charge in [-0.25, -0.2) is 0 Å². The molecule has 0 saturated heterocycles. The van der Waals surface area contributed by atoms with Crippen LogP contribution in [0.15, 0.2) is 36.4 Å². The third-order valence-electron chi connectivity index (χ3n) is 5.10. The molecule has 8 heteroatoms. The monoisotopic (exact) mass is 399 g/mol. The quantitative estimate of drug-likeness (QED) is 0.397. The summed E-state index contributed by atoms with van der Waals surface area (Å²) in [5.74, 6) is 0.0131. The number of aliphatic hydroxyl groups is 2. The van der Waals surface area contributed by atoms with Gasteiger partial charge in [-0.15, -0.1) is 0 Å². The summed E-state index contributed by atoms with van der Waals surface area (Å²) in [5, 5.41) is 41.5. The van der Waals surface area contributed by atoms with Crippen molar-refractivity contribution in [1.29, 1.82) is 0 Å². The second kappa shape index (κ2) is 8.60. The van der Waals surface area contributed by atoms with E-state index in [0.29, 0.717) is 35.2 Å². The number of nitrogens with zero attached hydrogens (tertiary/aromatic N) is 3. The molecule has 0 bridgehead atoms. The molecule has 1 heterocycles. The van der Waals surface area contributed by atoms with Crippen LogP contribution in [0.1, 0.15) is 16.8 Å². The van der Waals surface area contributed by atoms with Crippen molar-refractivity contribution in [2.75, 3.05) is 26.3 Å². The maximum Gasteiger partial charge on any atom is 0.298 e. The summed E-state index contributed by atoms with van der Waals surface area (Å²) >= 11 is 0. The molecule has 0 spiro atoms. The van der Waals surface area contributed by atoms with E-state index in [2.05, 4.69) is 0 Å². The number of fused-ring (bicyclic) bond motifs is 1. The molecule has 3 rings (SSSR count). The lowest BCUT2D eigenvalue weighted by atomic mass is 10.1. The molecule has 29 heavy (non-hydrogen) atoms. The molecule has 1 aromatic heterocycles. The van der Waals surface area contributed by atoms with Crippen LogP contribution in [-0.2, 0) is 6.54 Å². The highest BCUT2D eigenvalue weighted by atomic mass is 16.6. The van der Waals surface area contributed by atoms with Crippen LogP contribution >= 0.6 is 0 Å². The van der Waals surface area contributed by atoms with Crippen molar-refractivity contribution in [1.82, 2.24) is 9.47 Å². The number of aliphatic hydroxyl groups excluding tert-OH is 2. The van der Waals surface area contributed by atoms with Crippen LogP contribution in [0.5, 0.6) is 5.75 Å². The van der Waals surface area contributed by atoms with Crippen molar-refractivity contribution < 1.29 is 20.2 Å². The summed E-state index contributed by atoms with van der Waals surface area (Å²) in [7, 11) is 0. The Morgan fingerprint density at radius 1 is 1.03 bits per heavy atom. The van der Waals surface area contributed by atoms with Gasteiger partial charge in [0, 0.05) is 30.9 Å². The number of aromatic nitrogens is 1. The zero-order valence-corrected chi connectivity index (χ0v) is 16.5. The summed E-state index contributed by atoms with van der Waals surface area (Å²) in [6.07, 6.45) is 0. The molecule has 0 saturated carbocycles. The van der Waals surface area contributed by atoms with Gasteiger partial charge in [-0.2, -0.15) is 0 Å². The van der Waals surface area contributed by atoms with Crippen LogP contribution in [0.25, 0.3) is 16.6 Å². The highest BCUT2D eigenvalue weighted by Crippen LogP contribution is 2.40. The number of phenols is 1. The van der Waals surface area contributed by atoms with Crippen LogP contribution in [0, 0.1) is 24.0 Å². The van der Waals surface area contributed by atoms with E-state index >= 15 is 0 Å². The number of aromatic hydroxyl groups is 1. The Hall–Kier alpha value is -2.94. The topological polar surface area (TPSA) is 112 Å². The lowest BCUT2D eigenvalue weighted by Gasteiger charge is -2.22. The minimum absolute atomic E-state index is 0.00214. The van der Waals surface area contributed by atoms with Crippen LogP contribution < -0.4 is 0 Å². The Balaban J connectivity index is 2.31. The molecule has 0 radical (unpaired) electrons. The lowest BCUT2D eigenvalue weighted by molar-refractivity contribution is -0.383. The number of phenolic OH excluding ortho intramolecular Hbond substituents is 1. The Morgan fingerprint density at radius 2 is 1.66 bits per heavy atom. The maximum absolute atomic E-state index is 11.8. The van der Waals surface area contributed by atoms with Gasteiger partial charge in [0.1, 0.15) is 5.75 Å². The van der Waals surface area contributed by atoms with E-state index in [4.69, 9.17) is 0 Å². The molecule has 154 valence electrons. The van der Waals surface area contributed by atoms with Gasteiger partial charge in [0.25, 0.3) is 5.69 Å². The van der Waals surface area contributed by atoms with Crippen LogP contribution in [-0.4, -0.2) is 56.0 Å². The van der Waals surface area contributed by atoms with Crippen molar-refractivity contribution >= 4 is 16.6 Å². The maximum atomic E-state index is 11.8. The number of nitro groups is 1. The van der Waals surface area contributed by atoms with Crippen molar-refractivity contribution in [3.63, 3.8) is 0 Å². The standard InChI is InChI=1S/C21H25N3O5/c1-14-3-5-16(6-4-14)23-15(2)20(24(28)29)17-7-8-19(27)18(21(17)23)13-22(9-11-25)10-12-26/h3-8,25-27H,9-13H2,1-2H3. The lowest BCUT2D eigenvalue weighted by Crippen LogP contribution is -2.29. The van der Waals surface area contributed by atoms with E-state index in [1.807, 2.05) is 31.2 Å². The normalized spacial score (nSPS) is 11.5. The largest absolute Gasteiger partial charge is 0.508 e. The summed E-state index contributed by atoms with van der Waals surface area (Å²) in [5.41, 5.74) is 3.36. The van der Waals surface area contributed by atoms with Crippen LogP contribution in [0.4, 0.5) is 5.69 Å². The zero-order valence-electron chi connectivity index (χ0n) is 16.5. The fourth-order valence-corrected chi connectivity index (χ4v) is 3.72. The van der Waals surface area contributed by atoms with Gasteiger partial charge in [-0.05, 0) is 38.1 Å². The number of aryl methyl sites for hydroxylation is 1. The Labute approximate surface area is 168 Å². The predicted molar refractivity (Wildman–Crippen MR) is 111 cm³/mol. The molecular formula is C21H25N3O5. The van der Waals surface area contributed by atoms with Crippen molar-refractivity contribution in [2.45, 2.75) is 20.4 Å². The Kier molecular flexibility index (Phi) is 6.17. The Bertz CT molecular complexity index is 1020. The molecule has 0 unspecified atom stereocenters. The molecule has 8 nitrogen and oxygen atoms in total. The van der Waals surface area contributed by atoms with Gasteiger partial charge in [-0.3, -0.25) is 15.0 Å². The van der Waals surface area contributed by atoms with E-state index in [1.165, 1.54) is 6.07 Å². The number of hydrogen-bond donors (Lipinski definition) is 3. The second-order valence-corrected chi connectivity index (χ2v) is 7.04. The first-order valence-corrected chi connectivity index (χ1v) is 9.40. The highest BCUT2D eigenvalue weighted by molar-refractivity contribution is 5.96. The molecule has 0 atom stereocenters. The van der Waals surface area contributed by atoms with Crippen LogP contribution in [0.3, 0.4) is 0 Å². The third-order valence-corrected chi connectivity index (χ3v) is 5.10. The summed E-state index contributed by atoms with van der Waals surface area (Å²) < 4.78 is 1.79. The van der Waals surface area contributed by atoms with E-state index in [0.717, 1.165) is 11.3 Å². The molecule has 0 aliphatic rings. The van der Waals surface area contributed by atoms with E-state index in [-0.39, 0.29) is 31.2 Å². The van der Waals surface area contributed by atoms with Gasteiger partial charge >= 0.3 is 0 Å². The zero-order chi connectivity index (χ0) is 21.1. The first-order valence-electron chi connectivity index (χ1n) is 9.40. The van der Waals surface area contributed by atoms with Crippen molar-refractivity contribution in [3.8, 4) is 11.4 Å². The second-order valence-electron chi connectivity index (χ2n) is 7.04. The van der Waals surface area contributed by atoms with Crippen molar-refractivity contribution in [2.24, 2.45) is 0 Å². The summed E-state index contributed by atoms with van der Waals surface area (Å²) in [4.78, 5) is 13.2. The first-order chi connectivity index (χ1) is 13.9.